The molecule has 0 bridgehead atoms. The average Bonchev–Trinajstić information content (AvgIpc) is 3.07. The third kappa shape index (κ3) is 3.90. The first-order valence-corrected chi connectivity index (χ1v) is 8.00. The predicted molar refractivity (Wildman–Crippen MR) is 93.3 cm³/mol. The van der Waals surface area contributed by atoms with Gasteiger partial charge in [-0.25, -0.2) is 4.98 Å². The molecule has 0 unspecified atom stereocenters. The zero-order chi connectivity index (χ0) is 20.3. The zero-order valence-electron chi connectivity index (χ0n) is 14.6. The SMILES string of the molecule is COc1ccc(-c2noc(N)c2C(=O)NCc2ccccc2C(F)(F)F)cn1. The highest BCUT2D eigenvalue weighted by molar-refractivity contribution is 6.03. The first-order chi connectivity index (χ1) is 13.3. The monoisotopic (exact) mass is 392 g/mol. The van der Waals surface area contributed by atoms with Crippen LogP contribution < -0.4 is 15.8 Å². The van der Waals surface area contributed by atoms with Gasteiger partial charge in [-0.2, -0.15) is 13.2 Å². The molecule has 0 saturated heterocycles. The Balaban J connectivity index is 1.84. The molecule has 7 nitrogen and oxygen atoms in total. The van der Waals surface area contributed by atoms with Gasteiger partial charge in [0.1, 0.15) is 11.3 Å². The predicted octanol–water partition coefficient (Wildman–Crippen LogP) is 3.28. The summed E-state index contributed by atoms with van der Waals surface area (Å²) in [5.74, 6) is -0.621. The molecule has 0 aliphatic rings. The number of hydrogen-bond acceptors (Lipinski definition) is 6. The number of methoxy groups -OCH3 is 1. The van der Waals surface area contributed by atoms with E-state index in [2.05, 4.69) is 15.5 Å². The molecule has 3 N–H and O–H groups in total. The molecule has 0 radical (unpaired) electrons. The molecular weight excluding hydrogens is 377 g/mol. The van der Waals surface area contributed by atoms with E-state index in [1.165, 1.54) is 31.5 Å². The maximum atomic E-state index is 13.1. The van der Waals surface area contributed by atoms with E-state index < -0.39 is 17.6 Å². The molecule has 2 heterocycles. The maximum absolute atomic E-state index is 13.1. The summed E-state index contributed by atoms with van der Waals surface area (Å²) in [6.07, 6.45) is -3.12. The third-order valence-electron chi connectivity index (χ3n) is 3.93. The summed E-state index contributed by atoms with van der Waals surface area (Å²) >= 11 is 0. The second kappa shape index (κ2) is 7.59. The van der Waals surface area contributed by atoms with Gasteiger partial charge in [-0.05, 0) is 17.7 Å². The van der Waals surface area contributed by atoms with Crippen LogP contribution in [-0.2, 0) is 12.7 Å². The molecule has 1 amide bonds. The number of aromatic nitrogens is 2. The van der Waals surface area contributed by atoms with Gasteiger partial charge < -0.3 is 20.3 Å². The quantitative estimate of drug-likeness (QED) is 0.691. The van der Waals surface area contributed by atoms with E-state index in [0.717, 1.165) is 6.07 Å². The number of amides is 1. The lowest BCUT2D eigenvalue weighted by Gasteiger charge is -2.13. The van der Waals surface area contributed by atoms with Gasteiger partial charge in [0.25, 0.3) is 5.91 Å². The van der Waals surface area contributed by atoms with Crippen LogP contribution >= 0.6 is 0 Å². The average molecular weight is 392 g/mol. The summed E-state index contributed by atoms with van der Waals surface area (Å²) < 4.78 is 49.1. The van der Waals surface area contributed by atoms with Gasteiger partial charge in [0.05, 0.1) is 12.7 Å². The van der Waals surface area contributed by atoms with Crippen LogP contribution in [0.5, 0.6) is 5.88 Å². The molecular formula is C18H15F3N4O3. The first-order valence-electron chi connectivity index (χ1n) is 8.00. The minimum atomic E-state index is -4.53. The van der Waals surface area contributed by atoms with E-state index in [0.29, 0.717) is 11.4 Å². The molecule has 0 aliphatic heterocycles. The molecule has 0 atom stereocenters. The molecule has 0 spiro atoms. The van der Waals surface area contributed by atoms with E-state index in [9.17, 15) is 18.0 Å². The number of hydrogen-bond donors (Lipinski definition) is 2. The number of anilines is 1. The van der Waals surface area contributed by atoms with Gasteiger partial charge in [0.15, 0.2) is 0 Å². The normalized spacial score (nSPS) is 11.3. The summed E-state index contributed by atoms with van der Waals surface area (Å²) in [4.78, 5) is 16.6. The molecule has 0 saturated carbocycles. The smallest absolute Gasteiger partial charge is 0.416 e. The van der Waals surface area contributed by atoms with Crippen molar-refractivity contribution in [3.05, 3.63) is 59.3 Å². The molecule has 146 valence electrons. The van der Waals surface area contributed by atoms with E-state index in [4.69, 9.17) is 15.0 Å². The number of pyridine rings is 1. The summed E-state index contributed by atoms with van der Waals surface area (Å²) in [5.41, 5.74) is 5.25. The number of nitrogens with two attached hydrogens (primary N) is 1. The minimum absolute atomic E-state index is 0.0777. The van der Waals surface area contributed by atoms with Gasteiger partial charge in [-0.15, -0.1) is 0 Å². The lowest BCUT2D eigenvalue weighted by Crippen LogP contribution is -2.25. The van der Waals surface area contributed by atoms with Crippen molar-refractivity contribution in [2.45, 2.75) is 12.7 Å². The lowest BCUT2D eigenvalue weighted by molar-refractivity contribution is -0.138. The number of ether oxygens (including phenoxy) is 1. The fourth-order valence-corrected chi connectivity index (χ4v) is 2.58. The van der Waals surface area contributed by atoms with E-state index in [1.807, 2.05) is 0 Å². The molecule has 3 aromatic rings. The van der Waals surface area contributed by atoms with Crippen LogP contribution in [0.3, 0.4) is 0 Å². The second-order valence-electron chi connectivity index (χ2n) is 5.70. The van der Waals surface area contributed by atoms with Crippen LogP contribution in [0.1, 0.15) is 21.5 Å². The van der Waals surface area contributed by atoms with Crippen molar-refractivity contribution in [1.82, 2.24) is 15.5 Å². The lowest BCUT2D eigenvalue weighted by atomic mass is 10.1. The first kappa shape index (κ1) is 19.2. The maximum Gasteiger partial charge on any atom is 0.416 e. The topological polar surface area (TPSA) is 103 Å². The van der Waals surface area contributed by atoms with Crippen molar-refractivity contribution in [2.24, 2.45) is 0 Å². The highest BCUT2D eigenvalue weighted by Gasteiger charge is 2.33. The van der Waals surface area contributed by atoms with Crippen molar-refractivity contribution >= 4 is 11.8 Å². The van der Waals surface area contributed by atoms with Gasteiger partial charge in [0, 0.05) is 24.4 Å². The third-order valence-corrected chi connectivity index (χ3v) is 3.93. The van der Waals surface area contributed by atoms with Gasteiger partial charge >= 0.3 is 6.18 Å². The Morgan fingerprint density at radius 2 is 2.00 bits per heavy atom. The van der Waals surface area contributed by atoms with Crippen LogP contribution in [0.2, 0.25) is 0 Å². The van der Waals surface area contributed by atoms with Crippen molar-refractivity contribution in [1.29, 1.82) is 0 Å². The number of carbonyl (C=O) groups excluding carboxylic acids is 1. The number of halogens is 3. The Kier molecular flexibility index (Phi) is 5.21. The number of carbonyl (C=O) groups is 1. The number of nitrogen functional groups attached to an aromatic ring is 1. The summed E-state index contributed by atoms with van der Waals surface area (Å²) in [6, 6.07) is 8.12. The second-order valence-corrected chi connectivity index (χ2v) is 5.70. The van der Waals surface area contributed by atoms with E-state index in [1.54, 1.807) is 12.1 Å². The molecule has 3 rings (SSSR count). The van der Waals surface area contributed by atoms with Crippen LogP contribution in [-0.4, -0.2) is 23.2 Å². The molecule has 1 aromatic carbocycles. The van der Waals surface area contributed by atoms with Crippen LogP contribution in [0.25, 0.3) is 11.3 Å². The summed E-state index contributed by atoms with van der Waals surface area (Å²) in [6.45, 7) is -0.348. The Morgan fingerprint density at radius 3 is 2.64 bits per heavy atom. The number of nitrogens with one attached hydrogen (secondary N) is 1. The van der Waals surface area contributed by atoms with Crippen LogP contribution in [0.4, 0.5) is 19.1 Å². The Bertz CT molecular complexity index is 984. The standard InChI is InChI=1S/C18H15F3N4O3/c1-27-13-7-6-11(9-23-13)15-14(16(22)28-25-15)17(26)24-8-10-4-2-3-5-12(10)18(19,20)21/h2-7,9H,8,22H2,1H3,(H,24,26). The van der Waals surface area contributed by atoms with Gasteiger partial charge in [-0.1, -0.05) is 23.4 Å². The van der Waals surface area contributed by atoms with Crippen molar-refractivity contribution in [3.63, 3.8) is 0 Å². The Morgan fingerprint density at radius 1 is 1.25 bits per heavy atom. The number of alkyl halides is 3. The van der Waals surface area contributed by atoms with Crippen LogP contribution in [0, 0.1) is 0 Å². The summed E-state index contributed by atoms with van der Waals surface area (Å²) in [5, 5.41) is 6.18. The molecule has 28 heavy (non-hydrogen) atoms. The van der Waals surface area contributed by atoms with Crippen molar-refractivity contribution in [2.75, 3.05) is 12.8 Å². The zero-order valence-corrected chi connectivity index (χ0v) is 14.6. The van der Waals surface area contributed by atoms with E-state index >= 15 is 0 Å². The highest BCUT2D eigenvalue weighted by Crippen LogP contribution is 2.32. The molecule has 10 heteroatoms. The van der Waals surface area contributed by atoms with Crippen molar-refractivity contribution < 1.29 is 27.2 Å². The minimum Gasteiger partial charge on any atom is -0.481 e. The molecule has 2 aromatic heterocycles. The number of rotatable bonds is 5. The molecule has 0 fully saturated rings. The molecule has 0 aliphatic carbocycles. The largest absolute Gasteiger partial charge is 0.481 e. The Labute approximate surface area is 157 Å². The highest BCUT2D eigenvalue weighted by atomic mass is 19.4. The number of nitrogens with zero attached hydrogens (tertiary/aromatic N) is 2. The number of benzene rings is 1. The van der Waals surface area contributed by atoms with Crippen molar-refractivity contribution in [3.8, 4) is 17.1 Å². The Hall–Kier alpha value is -3.56. The van der Waals surface area contributed by atoms with E-state index in [-0.39, 0.29) is 29.2 Å². The van der Waals surface area contributed by atoms with Crippen LogP contribution in [0.15, 0.2) is 47.1 Å². The fraction of sp³-hybridized carbons (Fsp3) is 0.167. The van der Waals surface area contributed by atoms with Gasteiger partial charge in [0.2, 0.25) is 11.8 Å². The van der Waals surface area contributed by atoms with Gasteiger partial charge in [-0.3, -0.25) is 4.79 Å². The fourth-order valence-electron chi connectivity index (χ4n) is 2.58. The summed E-state index contributed by atoms with van der Waals surface area (Å²) in [7, 11) is 1.45.